The Bertz CT molecular complexity index is 3170. The fourth-order valence-corrected chi connectivity index (χ4v) is 9.26. The zero-order chi connectivity index (χ0) is 34.9. The molecule has 3 heteroatoms. The summed E-state index contributed by atoms with van der Waals surface area (Å²) in [6.07, 6.45) is 0. The van der Waals surface area contributed by atoms with Crippen molar-refractivity contribution in [2.75, 3.05) is 4.90 Å². The van der Waals surface area contributed by atoms with E-state index in [1.165, 1.54) is 52.8 Å². The maximum Gasteiger partial charge on any atom is 0.145 e. The average Bonchev–Trinajstić information content (AvgIpc) is 3.80. The molecule has 2 nitrogen and oxygen atoms in total. The van der Waals surface area contributed by atoms with Crippen LogP contribution in [0.5, 0.6) is 0 Å². The van der Waals surface area contributed by atoms with Gasteiger partial charge in [-0.15, -0.1) is 11.3 Å². The van der Waals surface area contributed by atoms with Gasteiger partial charge < -0.3 is 9.32 Å². The molecule has 0 N–H and O–H groups in total. The van der Waals surface area contributed by atoms with Crippen molar-refractivity contribution in [3.05, 3.63) is 188 Å². The minimum absolute atomic E-state index is 0.879. The van der Waals surface area contributed by atoms with E-state index in [0.717, 1.165) is 50.1 Å². The number of hydrogen-bond donors (Lipinski definition) is 0. The lowest BCUT2D eigenvalue weighted by Gasteiger charge is -2.27. The van der Waals surface area contributed by atoms with Gasteiger partial charge in [-0.1, -0.05) is 133 Å². The Balaban J connectivity index is 1.12. The normalized spacial score (nSPS) is 11.8. The van der Waals surface area contributed by atoms with Crippen LogP contribution in [0.4, 0.5) is 17.1 Å². The fourth-order valence-electron chi connectivity index (χ4n) is 8.12. The monoisotopic (exact) mass is 693 g/mol. The summed E-state index contributed by atoms with van der Waals surface area (Å²) in [5.74, 6) is 0. The van der Waals surface area contributed by atoms with E-state index in [1.807, 2.05) is 17.4 Å². The number of nitrogens with zero attached hydrogens (tertiary/aromatic N) is 1. The highest BCUT2D eigenvalue weighted by Gasteiger charge is 2.22. The van der Waals surface area contributed by atoms with E-state index in [9.17, 15) is 0 Å². The number of fused-ring (bicyclic) bond motifs is 9. The molecule has 0 aliphatic rings. The molecule has 0 atom stereocenters. The molecule has 0 amide bonds. The first kappa shape index (κ1) is 30.0. The van der Waals surface area contributed by atoms with Crippen LogP contribution >= 0.6 is 11.3 Å². The number of rotatable bonds is 5. The molecule has 0 bridgehead atoms. The minimum Gasteiger partial charge on any atom is -0.455 e. The number of anilines is 3. The van der Waals surface area contributed by atoms with E-state index < -0.39 is 0 Å². The minimum atomic E-state index is 0.879. The number of benzene rings is 9. The lowest BCUT2D eigenvalue weighted by molar-refractivity contribution is 0.670. The van der Waals surface area contributed by atoms with Gasteiger partial charge in [-0.3, -0.25) is 0 Å². The standard InChI is InChI=1S/C50H31NOS/c1-2-10-33(11-3-1)41-28-29-45(49-44-15-6-8-16-46(44)52-50(41)49)51(38-25-27-40-36(30-38)19-18-34-12-4-5-13-39(34)40)37-23-20-32(21-24-37)35-22-26-43-42-14-7-9-17-47(42)53-48(43)31-35/h1-31H. The van der Waals surface area contributed by atoms with E-state index in [2.05, 4.69) is 187 Å². The molecule has 0 saturated carbocycles. The van der Waals surface area contributed by atoms with Crippen molar-refractivity contribution in [1.82, 2.24) is 0 Å². The summed E-state index contributed by atoms with van der Waals surface area (Å²) in [5.41, 5.74) is 9.63. The van der Waals surface area contributed by atoms with Gasteiger partial charge in [-0.25, -0.2) is 0 Å². The summed E-state index contributed by atoms with van der Waals surface area (Å²) in [6.45, 7) is 0. The summed E-state index contributed by atoms with van der Waals surface area (Å²) in [6, 6.07) is 68.0. The van der Waals surface area contributed by atoms with Crippen molar-refractivity contribution in [3.63, 3.8) is 0 Å². The molecule has 0 aliphatic carbocycles. The third-order valence-electron chi connectivity index (χ3n) is 10.7. The van der Waals surface area contributed by atoms with Crippen molar-refractivity contribution in [3.8, 4) is 22.3 Å². The maximum atomic E-state index is 6.73. The largest absolute Gasteiger partial charge is 0.455 e. The van der Waals surface area contributed by atoms with Crippen LogP contribution in [0.1, 0.15) is 0 Å². The van der Waals surface area contributed by atoms with Crippen LogP contribution in [-0.4, -0.2) is 0 Å². The third-order valence-corrected chi connectivity index (χ3v) is 11.8. The quantitative estimate of drug-likeness (QED) is 0.167. The molecule has 248 valence electrons. The SMILES string of the molecule is c1ccc(-c2ccc(N(c3ccc(-c4ccc5c(c4)sc4ccccc45)cc3)c3ccc4c(ccc5ccccc54)c3)c3c2oc2ccccc23)cc1. The number of thiophene rings is 1. The highest BCUT2D eigenvalue weighted by atomic mass is 32.1. The average molecular weight is 694 g/mol. The predicted molar refractivity (Wildman–Crippen MR) is 227 cm³/mol. The van der Waals surface area contributed by atoms with E-state index >= 15 is 0 Å². The van der Waals surface area contributed by atoms with Gasteiger partial charge in [0.1, 0.15) is 11.2 Å². The molecule has 0 unspecified atom stereocenters. The van der Waals surface area contributed by atoms with E-state index in [-0.39, 0.29) is 0 Å². The van der Waals surface area contributed by atoms with Crippen molar-refractivity contribution in [2.45, 2.75) is 0 Å². The number of furan rings is 1. The summed E-state index contributed by atoms with van der Waals surface area (Å²) < 4.78 is 9.36. The van der Waals surface area contributed by atoms with E-state index in [4.69, 9.17) is 4.42 Å². The van der Waals surface area contributed by atoms with Crippen LogP contribution in [0.2, 0.25) is 0 Å². The first-order valence-electron chi connectivity index (χ1n) is 18.0. The summed E-state index contributed by atoms with van der Waals surface area (Å²) >= 11 is 1.86. The van der Waals surface area contributed by atoms with Gasteiger partial charge in [-0.05, 0) is 92.8 Å². The van der Waals surface area contributed by atoms with Crippen molar-refractivity contribution >= 4 is 92.1 Å². The molecule has 11 aromatic rings. The molecular formula is C50H31NOS. The Kier molecular flexibility index (Phi) is 6.76. The highest BCUT2D eigenvalue weighted by molar-refractivity contribution is 7.25. The Morgan fingerprint density at radius 2 is 1.06 bits per heavy atom. The molecule has 11 rings (SSSR count). The maximum absolute atomic E-state index is 6.73. The molecular weight excluding hydrogens is 663 g/mol. The molecule has 2 aromatic heterocycles. The molecule has 0 aliphatic heterocycles. The van der Waals surface area contributed by atoms with Crippen LogP contribution in [0.3, 0.4) is 0 Å². The first-order valence-corrected chi connectivity index (χ1v) is 18.8. The Labute approximate surface area is 310 Å². The van der Waals surface area contributed by atoms with Crippen LogP contribution in [0.25, 0.3) is 85.9 Å². The molecule has 0 radical (unpaired) electrons. The van der Waals surface area contributed by atoms with Gasteiger partial charge in [-0.2, -0.15) is 0 Å². The second kappa shape index (κ2) is 11.9. The van der Waals surface area contributed by atoms with Crippen molar-refractivity contribution in [2.24, 2.45) is 0 Å². The van der Waals surface area contributed by atoms with Crippen LogP contribution in [-0.2, 0) is 0 Å². The molecule has 0 fully saturated rings. The molecule has 53 heavy (non-hydrogen) atoms. The lowest BCUT2D eigenvalue weighted by Crippen LogP contribution is -2.10. The topological polar surface area (TPSA) is 16.4 Å². The summed E-state index contributed by atoms with van der Waals surface area (Å²) in [5, 5.41) is 9.79. The van der Waals surface area contributed by atoms with Gasteiger partial charge in [0.25, 0.3) is 0 Å². The fraction of sp³-hybridized carbons (Fsp3) is 0. The van der Waals surface area contributed by atoms with Crippen LogP contribution in [0, 0.1) is 0 Å². The number of para-hydroxylation sites is 1. The van der Waals surface area contributed by atoms with Crippen LogP contribution < -0.4 is 4.90 Å². The van der Waals surface area contributed by atoms with Crippen LogP contribution in [0.15, 0.2) is 192 Å². The van der Waals surface area contributed by atoms with Gasteiger partial charge in [0, 0.05) is 42.5 Å². The molecule has 0 saturated heterocycles. The second-order valence-electron chi connectivity index (χ2n) is 13.7. The van der Waals surface area contributed by atoms with E-state index in [0.29, 0.717) is 0 Å². The number of hydrogen-bond acceptors (Lipinski definition) is 3. The third kappa shape index (κ3) is 4.86. The second-order valence-corrected chi connectivity index (χ2v) is 14.8. The summed E-state index contributed by atoms with van der Waals surface area (Å²) in [4.78, 5) is 2.40. The summed E-state index contributed by atoms with van der Waals surface area (Å²) in [7, 11) is 0. The molecule has 9 aromatic carbocycles. The van der Waals surface area contributed by atoms with Crippen molar-refractivity contribution < 1.29 is 4.42 Å². The Morgan fingerprint density at radius 3 is 1.94 bits per heavy atom. The van der Waals surface area contributed by atoms with Crippen molar-refractivity contribution in [1.29, 1.82) is 0 Å². The zero-order valence-corrected chi connectivity index (χ0v) is 29.5. The first-order chi connectivity index (χ1) is 26.3. The predicted octanol–water partition coefficient (Wildman–Crippen LogP) is 15.1. The Hall–Kier alpha value is -6.68. The molecule has 0 spiro atoms. The Morgan fingerprint density at radius 1 is 0.396 bits per heavy atom. The molecule has 2 heterocycles. The van der Waals surface area contributed by atoms with E-state index in [1.54, 1.807) is 0 Å². The zero-order valence-electron chi connectivity index (χ0n) is 28.7. The smallest absolute Gasteiger partial charge is 0.145 e. The van der Waals surface area contributed by atoms with Gasteiger partial charge in [0.05, 0.1) is 11.1 Å². The lowest BCUT2D eigenvalue weighted by atomic mass is 9.98. The van der Waals surface area contributed by atoms with Gasteiger partial charge in [0.2, 0.25) is 0 Å². The van der Waals surface area contributed by atoms with Gasteiger partial charge in [0.15, 0.2) is 0 Å². The van der Waals surface area contributed by atoms with Gasteiger partial charge >= 0.3 is 0 Å². The highest BCUT2D eigenvalue weighted by Crippen LogP contribution is 2.47.